The van der Waals surface area contributed by atoms with E-state index in [9.17, 15) is 8.42 Å². The molecule has 0 aliphatic carbocycles. The van der Waals surface area contributed by atoms with Crippen LogP contribution in [0.5, 0.6) is 0 Å². The minimum atomic E-state index is -3.53. The predicted molar refractivity (Wildman–Crippen MR) is 85.6 cm³/mol. The Morgan fingerprint density at radius 1 is 0.900 bits per heavy atom. The maximum Gasteiger partial charge on any atom is 0.208 e. The van der Waals surface area contributed by atoms with E-state index in [2.05, 4.69) is 36.8 Å². The number of aromatic amines is 1. The number of H-pyrrole nitrogens is 1. The van der Waals surface area contributed by atoms with Crippen LogP contribution >= 0.6 is 31.9 Å². The molecule has 102 valence electrons. The van der Waals surface area contributed by atoms with Crippen LogP contribution in [0.25, 0.3) is 10.9 Å². The molecular formula is C14H9Br2NO2S. The summed E-state index contributed by atoms with van der Waals surface area (Å²) in [5.74, 6) is 0. The zero-order chi connectivity index (χ0) is 14.3. The van der Waals surface area contributed by atoms with E-state index < -0.39 is 9.84 Å². The topological polar surface area (TPSA) is 49.9 Å². The number of fused-ring (bicyclic) bond motifs is 1. The lowest BCUT2D eigenvalue weighted by molar-refractivity contribution is 0.597. The average Bonchev–Trinajstić information content (AvgIpc) is 2.82. The third-order valence-electron chi connectivity index (χ3n) is 3.02. The Labute approximate surface area is 133 Å². The number of halogens is 2. The molecule has 0 aliphatic heterocycles. The third-order valence-corrected chi connectivity index (χ3v) is 5.85. The van der Waals surface area contributed by atoms with Crippen LogP contribution < -0.4 is 0 Å². The fraction of sp³-hybridized carbons (Fsp3) is 0. The molecule has 1 N–H and O–H groups in total. The quantitative estimate of drug-likeness (QED) is 0.669. The van der Waals surface area contributed by atoms with Gasteiger partial charge in [-0.1, -0.05) is 31.9 Å². The van der Waals surface area contributed by atoms with Crippen molar-refractivity contribution in [2.45, 2.75) is 9.79 Å². The second-order valence-corrected chi connectivity index (χ2v) is 8.05. The van der Waals surface area contributed by atoms with Crippen LogP contribution in [0.3, 0.4) is 0 Å². The molecular weight excluding hydrogens is 406 g/mol. The van der Waals surface area contributed by atoms with Crippen molar-refractivity contribution in [2.75, 3.05) is 0 Å². The average molecular weight is 415 g/mol. The number of sulfone groups is 1. The number of hydrogen-bond donors (Lipinski definition) is 1. The van der Waals surface area contributed by atoms with Crippen LogP contribution in [0.4, 0.5) is 0 Å². The first-order chi connectivity index (χ1) is 9.48. The van der Waals surface area contributed by atoms with Gasteiger partial charge < -0.3 is 4.98 Å². The van der Waals surface area contributed by atoms with Crippen LogP contribution in [0.1, 0.15) is 0 Å². The molecule has 1 heterocycles. The van der Waals surface area contributed by atoms with Crippen molar-refractivity contribution in [2.24, 2.45) is 0 Å². The van der Waals surface area contributed by atoms with E-state index in [0.717, 1.165) is 14.5 Å². The number of aromatic nitrogens is 1. The van der Waals surface area contributed by atoms with Crippen LogP contribution in [0, 0.1) is 0 Å². The molecule has 1 aromatic heterocycles. The van der Waals surface area contributed by atoms with Gasteiger partial charge in [0.15, 0.2) is 0 Å². The molecule has 0 radical (unpaired) electrons. The molecule has 0 saturated carbocycles. The van der Waals surface area contributed by atoms with Crippen molar-refractivity contribution in [1.29, 1.82) is 0 Å². The highest BCUT2D eigenvalue weighted by Crippen LogP contribution is 2.30. The number of rotatable bonds is 2. The summed E-state index contributed by atoms with van der Waals surface area (Å²) in [6, 6.07) is 12.1. The van der Waals surface area contributed by atoms with Crippen molar-refractivity contribution in [1.82, 2.24) is 4.98 Å². The zero-order valence-corrected chi connectivity index (χ0v) is 14.1. The summed E-state index contributed by atoms with van der Waals surface area (Å²) in [4.78, 5) is 3.56. The minimum absolute atomic E-state index is 0.279. The molecule has 0 atom stereocenters. The van der Waals surface area contributed by atoms with Gasteiger partial charge in [-0.25, -0.2) is 8.42 Å². The highest BCUT2D eigenvalue weighted by molar-refractivity contribution is 9.10. The molecule has 3 nitrogen and oxygen atoms in total. The van der Waals surface area contributed by atoms with Gasteiger partial charge in [-0.3, -0.25) is 0 Å². The Hall–Kier alpha value is -1.11. The van der Waals surface area contributed by atoms with E-state index in [1.165, 1.54) is 6.20 Å². The van der Waals surface area contributed by atoms with Crippen molar-refractivity contribution in [3.05, 3.63) is 57.6 Å². The minimum Gasteiger partial charge on any atom is -0.360 e. The Balaban J connectivity index is 2.23. The van der Waals surface area contributed by atoms with Crippen molar-refractivity contribution in [3.8, 4) is 0 Å². The second-order valence-electron chi connectivity index (χ2n) is 4.30. The summed E-state index contributed by atoms with van der Waals surface area (Å²) >= 11 is 6.67. The van der Waals surface area contributed by atoms with Gasteiger partial charge in [0, 0.05) is 26.0 Å². The summed E-state index contributed by atoms with van der Waals surface area (Å²) in [6.07, 6.45) is 1.54. The lowest BCUT2D eigenvalue weighted by atomic mass is 10.2. The van der Waals surface area contributed by atoms with Gasteiger partial charge in [0.1, 0.15) is 0 Å². The molecule has 0 spiro atoms. The largest absolute Gasteiger partial charge is 0.360 e. The maximum atomic E-state index is 12.7. The predicted octanol–water partition coefficient (Wildman–Crippen LogP) is 4.53. The van der Waals surface area contributed by atoms with Crippen LogP contribution in [0.2, 0.25) is 0 Å². The smallest absolute Gasteiger partial charge is 0.208 e. The summed E-state index contributed by atoms with van der Waals surface area (Å²) in [5, 5.41) is 0.683. The Bertz CT molecular complexity index is 883. The van der Waals surface area contributed by atoms with Gasteiger partial charge in [-0.05, 0) is 42.5 Å². The zero-order valence-electron chi connectivity index (χ0n) is 10.1. The van der Waals surface area contributed by atoms with E-state index in [1.54, 1.807) is 30.3 Å². The number of benzene rings is 2. The van der Waals surface area contributed by atoms with Gasteiger partial charge >= 0.3 is 0 Å². The summed E-state index contributed by atoms with van der Waals surface area (Å²) in [5.41, 5.74) is 0.795. The first-order valence-corrected chi connectivity index (χ1v) is 8.83. The van der Waals surface area contributed by atoms with Crippen LogP contribution in [0.15, 0.2) is 67.4 Å². The second kappa shape index (κ2) is 5.02. The first-order valence-electron chi connectivity index (χ1n) is 5.76. The Morgan fingerprint density at radius 3 is 2.25 bits per heavy atom. The monoisotopic (exact) mass is 413 g/mol. The molecule has 0 aliphatic rings. The lowest BCUT2D eigenvalue weighted by Crippen LogP contribution is -2.00. The molecule has 3 aromatic rings. The Kier molecular flexibility index (Phi) is 3.48. The summed E-state index contributed by atoms with van der Waals surface area (Å²) in [6.45, 7) is 0. The van der Waals surface area contributed by atoms with Gasteiger partial charge in [0.05, 0.1) is 9.79 Å². The fourth-order valence-electron chi connectivity index (χ4n) is 2.03. The summed E-state index contributed by atoms with van der Waals surface area (Å²) in [7, 11) is -3.53. The maximum absolute atomic E-state index is 12.7. The van der Waals surface area contributed by atoms with Crippen molar-refractivity contribution >= 4 is 52.6 Å². The van der Waals surface area contributed by atoms with Crippen LogP contribution in [-0.2, 0) is 9.84 Å². The number of hydrogen-bond acceptors (Lipinski definition) is 2. The standard InChI is InChI=1S/C14H9Br2NO2S/c15-9-1-4-11(5-2-9)20(18,19)14-8-17-13-6-3-10(16)7-12(13)14/h1-8,17H. The number of nitrogens with one attached hydrogen (secondary N) is 1. The van der Waals surface area contributed by atoms with Crippen LogP contribution in [-0.4, -0.2) is 13.4 Å². The molecule has 0 saturated heterocycles. The van der Waals surface area contributed by atoms with Gasteiger partial charge in [0.2, 0.25) is 9.84 Å². The normalized spacial score (nSPS) is 11.9. The van der Waals surface area contributed by atoms with Gasteiger partial charge in [-0.2, -0.15) is 0 Å². The van der Waals surface area contributed by atoms with Gasteiger partial charge in [-0.15, -0.1) is 0 Å². The van der Waals surface area contributed by atoms with Crippen molar-refractivity contribution in [3.63, 3.8) is 0 Å². The van der Waals surface area contributed by atoms with E-state index in [-0.39, 0.29) is 9.79 Å². The fourth-order valence-corrected chi connectivity index (χ4v) is 4.08. The van der Waals surface area contributed by atoms with E-state index in [4.69, 9.17) is 0 Å². The SMILES string of the molecule is O=S(=O)(c1ccc(Br)cc1)c1c[nH]c2ccc(Br)cc12. The molecule has 0 amide bonds. The molecule has 6 heteroatoms. The molecule has 2 aromatic carbocycles. The van der Waals surface area contributed by atoms with Gasteiger partial charge in [0.25, 0.3) is 0 Å². The molecule has 20 heavy (non-hydrogen) atoms. The van der Waals surface area contributed by atoms with E-state index in [1.807, 2.05) is 12.1 Å². The van der Waals surface area contributed by atoms with E-state index >= 15 is 0 Å². The van der Waals surface area contributed by atoms with Crippen molar-refractivity contribution < 1.29 is 8.42 Å². The highest BCUT2D eigenvalue weighted by Gasteiger charge is 2.21. The first kappa shape index (κ1) is 13.9. The third kappa shape index (κ3) is 2.32. The molecule has 0 fully saturated rings. The molecule has 0 unspecified atom stereocenters. The van der Waals surface area contributed by atoms with E-state index in [0.29, 0.717) is 5.39 Å². The Morgan fingerprint density at radius 2 is 1.55 bits per heavy atom. The molecule has 0 bridgehead atoms. The summed E-state index contributed by atoms with van der Waals surface area (Å²) < 4.78 is 27.1. The lowest BCUT2D eigenvalue weighted by Gasteiger charge is -2.03. The molecule has 3 rings (SSSR count). The highest BCUT2D eigenvalue weighted by atomic mass is 79.9.